The van der Waals surface area contributed by atoms with Crippen molar-refractivity contribution in [3.8, 4) is 0 Å². The quantitative estimate of drug-likeness (QED) is 0.601. The molecule has 1 amide bonds. The molecule has 2 aliphatic carbocycles. The Balaban J connectivity index is 1.06. The van der Waals surface area contributed by atoms with Gasteiger partial charge in [-0.25, -0.2) is 0 Å². The van der Waals surface area contributed by atoms with Crippen molar-refractivity contribution in [3.05, 3.63) is 23.8 Å². The molecule has 192 valence electrons. The van der Waals surface area contributed by atoms with Crippen LogP contribution in [0.25, 0.3) is 10.9 Å². The van der Waals surface area contributed by atoms with Crippen molar-refractivity contribution in [1.82, 2.24) is 20.0 Å². The molecule has 9 heteroatoms. The number of benzene rings is 1. The number of nitrogens with zero attached hydrogens (tertiary/aromatic N) is 3. The number of alkyl halides is 3. The molecule has 0 spiro atoms. The zero-order chi connectivity index (χ0) is 24.6. The number of aryl methyl sites for hydroxylation is 1. The van der Waals surface area contributed by atoms with Crippen LogP contribution in [0.2, 0.25) is 0 Å². The van der Waals surface area contributed by atoms with Crippen molar-refractivity contribution in [2.75, 3.05) is 25.0 Å². The number of halogens is 3. The normalized spacial score (nSPS) is 24.9. The molecule has 0 atom stereocenters. The van der Waals surface area contributed by atoms with Crippen molar-refractivity contribution in [1.29, 1.82) is 0 Å². The van der Waals surface area contributed by atoms with Gasteiger partial charge in [0.15, 0.2) is 5.82 Å². The van der Waals surface area contributed by atoms with Gasteiger partial charge in [0.2, 0.25) is 5.91 Å². The Labute approximate surface area is 204 Å². The number of hydrogen-bond donors (Lipinski definition) is 2. The summed E-state index contributed by atoms with van der Waals surface area (Å²) < 4.78 is 40.9. The molecule has 2 heterocycles. The second-order valence-electron chi connectivity index (χ2n) is 10.7. The molecule has 1 aliphatic heterocycles. The summed E-state index contributed by atoms with van der Waals surface area (Å²) in [6, 6.07) is 4.31. The lowest BCUT2D eigenvalue weighted by atomic mass is 9.72. The summed E-state index contributed by atoms with van der Waals surface area (Å²) >= 11 is 0. The number of likely N-dealkylation sites (tertiary alicyclic amines) is 1. The highest BCUT2D eigenvalue weighted by Crippen LogP contribution is 2.40. The Morgan fingerprint density at radius 1 is 1.03 bits per heavy atom. The Morgan fingerprint density at radius 2 is 1.71 bits per heavy atom. The molecule has 0 unspecified atom stereocenters. The molecule has 2 aromatic rings. The molecule has 1 aromatic carbocycles. The lowest BCUT2D eigenvalue weighted by molar-refractivity contribution is -0.137. The zero-order valence-corrected chi connectivity index (χ0v) is 20.4. The van der Waals surface area contributed by atoms with E-state index >= 15 is 0 Å². The monoisotopic (exact) mass is 491 g/mol. The first-order valence-corrected chi connectivity index (χ1v) is 13.1. The van der Waals surface area contributed by atoms with Crippen LogP contribution < -0.4 is 10.6 Å². The lowest BCUT2D eigenvalue weighted by Gasteiger charge is -2.47. The van der Waals surface area contributed by atoms with E-state index in [1.54, 1.807) is 7.05 Å². The number of fused-ring (bicyclic) bond motifs is 1. The van der Waals surface area contributed by atoms with Gasteiger partial charge in [-0.15, -0.1) is 0 Å². The maximum Gasteiger partial charge on any atom is 0.416 e. The SMILES string of the molecule is Cn1nc(NCC(=O)NC2CN(C3CCC(C4CCCCC4)CC3)C2)c2cc(C(F)(F)F)ccc21. The number of amides is 1. The molecular formula is C26H36F3N5O. The second-order valence-corrected chi connectivity index (χ2v) is 10.7. The minimum atomic E-state index is -4.43. The van der Waals surface area contributed by atoms with Crippen molar-refractivity contribution < 1.29 is 18.0 Å². The average Bonchev–Trinajstić information content (AvgIpc) is 3.15. The van der Waals surface area contributed by atoms with E-state index in [1.807, 2.05) is 0 Å². The second kappa shape index (κ2) is 9.99. The Kier molecular flexibility index (Phi) is 6.97. The summed E-state index contributed by atoms with van der Waals surface area (Å²) in [6.45, 7) is 1.74. The summed E-state index contributed by atoms with van der Waals surface area (Å²) in [5, 5.41) is 10.6. The predicted molar refractivity (Wildman–Crippen MR) is 130 cm³/mol. The fourth-order valence-corrected chi connectivity index (χ4v) is 6.46. The topological polar surface area (TPSA) is 62.2 Å². The minimum Gasteiger partial charge on any atom is -0.359 e. The van der Waals surface area contributed by atoms with Crippen molar-refractivity contribution in [2.24, 2.45) is 18.9 Å². The van der Waals surface area contributed by atoms with Gasteiger partial charge in [0.25, 0.3) is 0 Å². The van der Waals surface area contributed by atoms with Gasteiger partial charge in [-0.05, 0) is 55.7 Å². The van der Waals surface area contributed by atoms with Gasteiger partial charge in [-0.1, -0.05) is 32.1 Å². The highest BCUT2D eigenvalue weighted by molar-refractivity contribution is 5.92. The standard InChI is InChI=1S/C26H36F3N5O/c1-33-23-12-9-19(26(27,28)29)13-22(23)25(32-33)30-14-24(35)31-20-15-34(16-20)21-10-7-18(8-11-21)17-5-3-2-4-6-17/h9,12-13,17-18,20-21H,2-8,10-11,14-16H2,1H3,(H,30,32)(H,31,35). The van der Waals surface area contributed by atoms with Gasteiger partial charge in [-0.2, -0.15) is 18.3 Å². The Hall–Kier alpha value is -2.29. The molecule has 6 nitrogen and oxygen atoms in total. The third-order valence-corrected chi connectivity index (χ3v) is 8.44. The Morgan fingerprint density at radius 3 is 2.40 bits per heavy atom. The maximum atomic E-state index is 13.1. The number of rotatable bonds is 6. The highest BCUT2D eigenvalue weighted by Gasteiger charge is 2.37. The smallest absolute Gasteiger partial charge is 0.359 e. The molecule has 2 N–H and O–H groups in total. The highest BCUT2D eigenvalue weighted by atomic mass is 19.4. The molecule has 5 rings (SSSR count). The van der Waals surface area contributed by atoms with Gasteiger partial charge in [0.05, 0.1) is 23.7 Å². The third-order valence-electron chi connectivity index (χ3n) is 8.44. The molecule has 0 bridgehead atoms. The van der Waals surface area contributed by atoms with Gasteiger partial charge >= 0.3 is 6.18 Å². The first-order valence-electron chi connectivity index (χ1n) is 13.1. The molecule has 1 aromatic heterocycles. The zero-order valence-electron chi connectivity index (χ0n) is 20.4. The van der Waals surface area contributed by atoms with Crippen LogP contribution in [0.3, 0.4) is 0 Å². The van der Waals surface area contributed by atoms with Crippen LogP contribution in [-0.4, -0.2) is 52.3 Å². The summed E-state index contributed by atoms with van der Waals surface area (Å²) in [4.78, 5) is 15.0. The molecule has 35 heavy (non-hydrogen) atoms. The molecule has 3 aliphatic rings. The van der Waals surface area contributed by atoms with Crippen LogP contribution in [0.1, 0.15) is 63.4 Å². The van der Waals surface area contributed by atoms with E-state index in [-0.39, 0.29) is 24.3 Å². The van der Waals surface area contributed by atoms with Gasteiger partial charge in [0, 0.05) is 31.6 Å². The number of carbonyl (C=O) groups is 1. The van der Waals surface area contributed by atoms with E-state index in [0.29, 0.717) is 16.9 Å². The first-order chi connectivity index (χ1) is 16.8. The third kappa shape index (κ3) is 5.44. The predicted octanol–water partition coefficient (Wildman–Crippen LogP) is 4.94. The maximum absolute atomic E-state index is 13.1. The minimum absolute atomic E-state index is 0.0225. The number of hydrogen-bond acceptors (Lipinski definition) is 4. The first kappa shape index (κ1) is 24.4. The van der Waals surface area contributed by atoms with Gasteiger partial charge in [0.1, 0.15) is 0 Å². The van der Waals surface area contributed by atoms with E-state index in [0.717, 1.165) is 37.1 Å². The average molecular weight is 492 g/mol. The van der Waals surface area contributed by atoms with Crippen LogP contribution in [0, 0.1) is 11.8 Å². The number of nitrogens with one attached hydrogen (secondary N) is 2. The molecule has 3 fully saturated rings. The fraction of sp³-hybridized carbons (Fsp3) is 0.692. The number of carbonyl (C=O) groups excluding carboxylic acids is 1. The Bertz CT molecular complexity index is 1030. The van der Waals surface area contributed by atoms with Crippen LogP contribution >= 0.6 is 0 Å². The van der Waals surface area contributed by atoms with Crippen LogP contribution in [-0.2, 0) is 18.0 Å². The summed E-state index contributed by atoms with van der Waals surface area (Å²) in [5.41, 5.74) is -0.151. The van der Waals surface area contributed by atoms with Crippen LogP contribution in [0.15, 0.2) is 18.2 Å². The van der Waals surface area contributed by atoms with Crippen LogP contribution in [0.5, 0.6) is 0 Å². The number of aromatic nitrogens is 2. The van der Waals surface area contributed by atoms with E-state index in [1.165, 1.54) is 68.5 Å². The van der Waals surface area contributed by atoms with Crippen LogP contribution in [0.4, 0.5) is 19.0 Å². The fourth-order valence-electron chi connectivity index (χ4n) is 6.46. The van der Waals surface area contributed by atoms with Crippen molar-refractivity contribution in [2.45, 2.75) is 76.0 Å². The van der Waals surface area contributed by atoms with Crippen molar-refractivity contribution in [3.63, 3.8) is 0 Å². The van der Waals surface area contributed by atoms with Gasteiger partial charge < -0.3 is 10.6 Å². The van der Waals surface area contributed by atoms with Crippen molar-refractivity contribution >= 4 is 22.6 Å². The number of anilines is 1. The molecular weight excluding hydrogens is 455 g/mol. The molecule has 1 saturated heterocycles. The summed E-state index contributed by atoms with van der Waals surface area (Å²) in [5.74, 6) is 2.00. The largest absolute Gasteiger partial charge is 0.416 e. The summed E-state index contributed by atoms with van der Waals surface area (Å²) in [7, 11) is 1.67. The lowest BCUT2D eigenvalue weighted by Crippen LogP contribution is -2.63. The van der Waals surface area contributed by atoms with E-state index in [4.69, 9.17) is 0 Å². The van der Waals surface area contributed by atoms with E-state index < -0.39 is 11.7 Å². The summed E-state index contributed by atoms with van der Waals surface area (Å²) in [6.07, 6.45) is 7.92. The van der Waals surface area contributed by atoms with E-state index in [2.05, 4.69) is 20.6 Å². The van der Waals surface area contributed by atoms with Gasteiger partial charge in [-0.3, -0.25) is 14.4 Å². The molecule has 0 radical (unpaired) electrons. The molecule has 2 saturated carbocycles. The van der Waals surface area contributed by atoms with E-state index in [9.17, 15) is 18.0 Å².